The lowest BCUT2D eigenvalue weighted by Crippen LogP contribution is -2.42. The normalized spacial score (nSPS) is 20.0. The van der Waals surface area contributed by atoms with Crippen molar-refractivity contribution in [1.82, 2.24) is 25.1 Å². The minimum absolute atomic E-state index is 0.161. The Morgan fingerprint density at radius 1 is 1.27 bits per heavy atom. The highest BCUT2D eigenvalue weighted by atomic mass is 16.7. The summed E-state index contributed by atoms with van der Waals surface area (Å²) in [6, 6.07) is 9.18. The maximum absolute atomic E-state index is 12.8. The van der Waals surface area contributed by atoms with Gasteiger partial charge in [-0.3, -0.25) is 14.8 Å². The first kappa shape index (κ1) is 19.8. The number of nitrogens with zero attached hydrogens (tertiary/aromatic N) is 5. The Bertz CT molecular complexity index is 936. The van der Waals surface area contributed by atoms with Gasteiger partial charge in [-0.15, -0.1) is 0 Å². The molecular weight excluding hydrogens is 384 g/mol. The van der Waals surface area contributed by atoms with E-state index in [1.807, 2.05) is 30.3 Å². The minimum atomic E-state index is -0.623. The van der Waals surface area contributed by atoms with E-state index in [0.29, 0.717) is 44.7 Å². The van der Waals surface area contributed by atoms with Crippen molar-refractivity contribution in [3.05, 3.63) is 60.2 Å². The fraction of sp³-hybridized carbons (Fsp3) is 0.381. The Kier molecular flexibility index (Phi) is 5.60. The van der Waals surface area contributed by atoms with Crippen LogP contribution in [-0.2, 0) is 22.7 Å². The molecule has 2 aliphatic heterocycles. The van der Waals surface area contributed by atoms with Crippen LogP contribution in [0.2, 0.25) is 0 Å². The molecule has 1 fully saturated rings. The molecule has 30 heavy (non-hydrogen) atoms. The van der Waals surface area contributed by atoms with E-state index in [1.165, 1.54) is 0 Å². The molecule has 0 unspecified atom stereocenters. The lowest BCUT2D eigenvalue weighted by molar-refractivity contribution is -0.123. The molecule has 2 aromatic rings. The molecule has 3 amide bonds. The molecule has 9 nitrogen and oxygen atoms in total. The third-order valence-corrected chi connectivity index (χ3v) is 5.33. The highest BCUT2D eigenvalue weighted by Crippen LogP contribution is 2.34. The second-order valence-corrected chi connectivity index (χ2v) is 7.66. The van der Waals surface area contributed by atoms with Gasteiger partial charge in [0.2, 0.25) is 0 Å². The van der Waals surface area contributed by atoms with Gasteiger partial charge in [0.15, 0.2) is 5.60 Å². The average Bonchev–Trinajstić information content (AvgIpc) is 3.40. The minimum Gasteiger partial charge on any atom is -0.386 e. The Balaban J connectivity index is 1.29. The Morgan fingerprint density at radius 2 is 2.17 bits per heavy atom. The van der Waals surface area contributed by atoms with Gasteiger partial charge in [-0.1, -0.05) is 17.3 Å². The largest absolute Gasteiger partial charge is 0.386 e. The summed E-state index contributed by atoms with van der Waals surface area (Å²) in [5.74, 6) is -0.183. The maximum Gasteiger partial charge on any atom is 0.317 e. The van der Waals surface area contributed by atoms with Crippen molar-refractivity contribution in [2.45, 2.75) is 31.5 Å². The van der Waals surface area contributed by atoms with Crippen molar-refractivity contribution in [1.29, 1.82) is 0 Å². The van der Waals surface area contributed by atoms with Crippen molar-refractivity contribution in [3.63, 3.8) is 0 Å². The SMILES string of the molecule is CN(Cc1ccccn1)C(=O)C1=NO[C@@]2(CCN(C(=O)NCc3cccnc3)C2)C1. The molecule has 4 rings (SSSR count). The fourth-order valence-electron chi connectivity index (χ4n) is 3.69. The van der Waals surface area contributed by atoms with Crippen LogP contribution in [0, 0.1) is 0 Å². The predicted molar refractivity (Wildman–Crippen MR) is 109 cm³/mol. The molecule has 1 N–H and O–H groups in total. The molecule has 0 aliphatic carbocycles. The molecule has 4 heterocycles. The fourth-order valence-corrected chi connectivity index (χ4v) is 3.69. The van der Waals surface area contributed by atoms with Crippen LogP contribution in [0.5, 0.6) is 0 Å². The number of aromatic nitrogens is 2. The van der Waals surface area contributed by atoms with Gasteiger partial charge >= 0.3 is 6.03 Å². The summed E-state index contributed by atoms with van der Waals surface area (Å²) in [7, 11) is 1.72. The van der Waals surface area contributed by atoms with E-state index in [9.17, 15) is 9.59 Å². The number of carbonyl (C=O) groups excluding carboxylic acids is 2. The number of amides is 3. The van der Waals surface area contributed by atoms with Gasteiger partial charge in [-0.25, -0.2) is 4.79 Å². The van der Waals surface area contributed by atoms with Crippen LogP contribution < -0.4 is 5.32 Å². The maximum atomic E-state index is 12.8. The van der Waals surface area contributed by atoms with Crippen LogP contribution in [0.25, 0.3) is 0 Å². The zero-order valence-corrected chi connectivity index (χ0v) is 16.8. The van der Waals surface area contributed by atoms with Crippen molar-refractivity contribution in [2.75, 3.05) is 20.1 Å². The van der Waals surface area contributed by atoms with Crippen molar-refractivity contribution >= 4 is 17.6 Å². The summed E-state index contributed by atoms with van der Waals surface area (Å²) >= 11 is 0. The molecule has 1 atom stereocenters. The number of rotatable bonds is 5. The third kappa shape index (κ3) is 4.40. The summed E-state index contributed by atoms with van der Waals surface area (Å²) in [4.78, 5) is 42.5. The standard InChI is InChI=1S/C21H24N6O3/c1-26(14-17-6-2-3-9-23-17)19(28)18-11-21(30-25-18)7-10-27(15-21)20(29)24-13-16-5-4-8-22-12-16/h2-6,8-9,12H,7,10-11,13-15H2,1H3,(H,24,29)/t21-/m0/s1. The van der Waals surface area contributed by atoms with E-state index >= 15 is 0 Å². The van der Waals surface area contributed by atoms with Crippen LogP contribution in [0.3, 0.4) is 0 Å². The molecule has 0 bridgehead atoms. The third-order valence-electron chi connectivity index (χ3n) is 5.33. The molecule has 2 aromatic heterocycles. The lowest BCUT2D eigenvalue weighted by atomic mass is 9.96. The highest BCUT2D eigenvalue weighted by Gasteiger charge is 2.48. The second kappa shape index (κ2) is 8.48. The van der Waals surface area contributed by atoms with Crippen molar-refractivity contribution < 1.29 is 14.4 Å². The lowest BCUT2D eigenvalue weighted by Gasteiger charge is -2.22. The van der Waals surface area contributed by atoms with Gasteiger partial charge in [0.1, 0.15) is 5.71 Å². The number of likely N-dealkylation sites (tertiary alicyclic amines) is 1. The number of nitrogens with one attached hydrogen (secondary N) is 1. The Morgan fingerprint density at radius 3 is 2.93 bits per heavy atom. The molecule has 9 heteroatoms. The van der Waals surface area contributed by atoms with E-state index in [1.54, 1.807) is 35.4 Å². The van der Waals surface area contributed by atoms with E-state index in [2.05, 4.69) is 20.4 Å². The van der Waals surface area contributed by atoms with Crippen LogP contribution in [0.15, 0.2) is 54.1 Å². The topological polar surface area (TPSA) is 100 Å². The molecule has 0 radical (unpaired) electrons. The van der Waals surface area contributed by atoms with E-state index in [-0.39, 0.29) is 11.9 Å². The summed E-state index contributed by atoms with van der Waals surface area (Å²) in [6.07, 6.45) is 6.15. The highest BCUT2D eigenvalue weighted by molar-refractivity contribution is 6.39. The number of pyridine rings is 2. The van der Waals surface area contributed by atoms with E-state index in [4.69, 9.17) is 4.84 Å². The predicted octanol–water partition coefficient (Wildman–Crippen LogP) is 1.57. The zero-order valence-electron chi connectivity index (χ0n) is 16.8. The van der Waals surface area contributed by atoms with E-state index < -0.39 is 5.60 Å². The number of hydrogen-bond donors (Lipinski definition) is 1. The van der Waals surface area contributed by atoms with Crippen LogP contribution in [-0.4, -0.2) is 63.2 Å². The molecular formula is C21H24N6O3. The summed E-state index contributed by atoms with van der Waals surface area (Å²) in [6.45, 7) is 1.76. The van der Waals surface area contributed by atoms with Crippen LogP contribution in [0.1, 0.15) is 24.1 Å². The molecule has 1 spiro atoms. The van der Waals surface area contributed by atoms with Crippen LogP contribution in [0.4, 0.5) is 4.79 Å². The summed E-state index contributed by atoms with van der Waals surface area (Å²) in [5.41, 5.74) is 1.50. The van der Waals surface area contributed by atoms with Gasteiger partial charge in [-0.05, 0) is 23.8 Å². The monoisotopic (exact) mass is 408 g/mol. The summed E-state index contributed by atoms with van der Waals surface area (Å²) < 4.78 is 0. The first-order valence-corrected chi connectivity index (χ1v) is 9.87. The zero-order chi connectivity index (χ0) is 21.0. The Labute approximate surface area is 174 Å². The second-order valence-electron chi connectivity index (χ2n) is 7.66. The molecule has 0 saturated carbocycles. The van der Waals surface area contributed by atoms with Gasteiger partial charge in [0.05, 0.1) is 18.8 Å². The Hall–Kier alpha value is -3.49. The van der Waals surface area contributed by atoms with Crippen LogP contribution >= 0.6 is 0 Å². The van der Waals surface area contributed by atoms with Crippen molar-refractivity contribution in [2.24, 2.45) is 5.16 Å². The first-order chi connectivity index (χ1) is 14.5. The molecule has 0 aromatic carbocycles. The number of carbonyl (C=O) groups is 2. The van der Waals surface area contributed by atoms with Gasteiger partial charge in [0, 0.05) is 51.6 Å². The van der Waals surface area contributed by atoms with E-state index in [0.717, 1.165) is 11.3 Å². The van der Waals surface area contributed by atoms with Crippen molar-refractivity contribution in [3.8, 4) is 0 Å². The van der Waals surface area contributed by atoms with Gasteiger partial charge < -0.3 is 20.0 Å². The molecule has 1 saturated heterocycles. The molecule has 2 aliphatic rings. The number of oxime groups is 1. The molecule has 156 valence electrons. The van der Waals surface area contributed by atoms with Gasteiger partial charge in [0.25, 0.3) is 5.91 Å². The average molecular weight is 408 g/mol. The first-order valence-electron chi connectivity index (χ1n) is 9.87. The smallest absolute Gasteiger partial charge is 0.317 e. The quantitative estimate of drug-likeness (QED) is 0.809. The number of hydrogen-bond acceptors (Lipinski definition) is 6. The number of urea groups is 1. The summed E-state index contributed by atoms with van der Waals surface area (Å²) in [5, 5.41) is 6.96. The van der Waals surface area contributed by atoms with Gasteiger partial charge in [-0.2, -0.15) is 0 Å².